The number of nitro benzene ring substituents is 1. The third-order valence-electron chi connectivity index (χ3n) is 2.81. The summed E-state index contributed by atoms with van der Waals surface area (Å²) in [7, 11) is 0. The van der Waals surface area contributed by atoms with E-state index in [0.29, 0.717) is 16.1 Å². The molecule has 0 unspecified atom stereocenters. The van der Waals surface area contributed by atoms with Crippen molar-refractivity contribution in [3.63, 3.8) is 0 Å². The van der Waals surface area contributed by atoms with Crippen LogP contribution in [0.4, 0.5) is 5.69 Å². The van der Waals surface area contributed by atoms with Crippen molar-refractivity contribution in [2.45, 2.75) is 13.5 Å². The van der Waals surface area contributed by atoms with Crippen molar-refractivity contribution in [3.05, 3.63) is 71.6 Å². The summed E-state index contributed by atoms with van der Waals surface area (Å²) in [6.45, 7) is 1.78. The molecule has 0 aliphatic heterocycles. The van der Waals surface area contributed by atoms with E-state index in [-0.39, 0.29) is 17.8 Å². The predicted molar refractivity (Wildman–Crippen MR) is 80.3 cm³/mol. The van der Waals surface area contributed by atoms with E-state index in [4.69, 9.17) is 11.6 Å². The van der Waals surface area contributed by atoms with Crippen molar-refractivity contribution in [1.29, 1.82) is 0 Å². The Labute approximate surface area is 128 Å². The second-order valence-corrected chi connectivity index (χ2v) is 5.66. The number of aryl methyl sites for hydroxylation is 1. The molecule has 0 atom stereocenters. The van der Waals surface area contributed by atoms with Gasteiger partial charge in [0.1, 0.15) is 0 Å². The molecule has 2 rings (SSSR count). The van der Waals surface area contributed by atoms with E-state index in [1.165, 1.54) is 22.8 Å². The van der Waals surface area contributed by atoms with Crippen molar-refractivity contribution in [3.8, 4) is 0 Å². The molecule has 0 saturated heterocycles. The van der Waals surface area contributed by atoms with E-state index in [9.17, 15) is 14.9 Å². The molecule has 0 N–H and O–H groups in total. The number of pyridine rings is 1. The summed E-state index contributed by atoms with van der Waals surface area (Å²) >= 11 is 9.17. The molecule has 0 saturated carbocycles. The van der Waals surface area contributed by atoms with Crippen LogP contribution in [0.5, 0.6) is 0 Å². The van der Waals surface area contributed by atoms with Gasteiger partial charge < -0.3 is 4.57 Å². The zero-order valence-electron chi connectivity index (χ0n) is 10.5. The van der Waals surface area contributed by atoms with Gasteiger partial charge in [-0.1, -0.05) is 11.6 Å². The molecule has 2 aromatic rings. The number of nitrogens with zero attached hydrogens (tertiary/aromatic N) is 2. The third kappa shape index (κ3) is 3.08. The lowest BCUT2D eigenvalue weighted by atomic mass is 10.1. The zero-order valence-corrected chi connectivity index (χ0v) is 12.8. The minimum absolute atomic E-state index is 0.0565. The first kappa shape index (κ1) is 14.7. The van der Waals surface area contributed by atoms with Gasteiger partial charge in [-0.25, -0.2) is 0 Å². The highest BCUT2D eigenvalue weighted by atomic mass is 79.9. The fourth-order valence-electron chi connectivity index (χ4n) is 1.90. The summed E-state index contributed by atoms with van der Waals surface area (Å²) in [6.07, 6.45) is 1.60. The molecule has 1 aromatic carbocycles. The first-order chi connectivity index (χ1) is 9.38. The van der Waals surface area contributed by atoms with Crippen LogP contribution >= 0.6 is 27.5 Å². The molecule has 20 heavy (non-hydrogen) atoms. The van der Waals surface area contributed by atoms with Gasteiger partial charge in [-0.05, 0) is 41.1 Å². The molecule has 0 amide bonds. The molecule has 1 heterocycles. The Morgan fingerprint density at radius 3 is 2.75 bits per heavy atom. The Hall–Kier alpha value is -1.66. The van der Waals surface area contributed by atoms with Gasteiger partial charge >= 0.3 is 0 Å². The molecule has 5 nitrogen and oxygen atoms in total. The Balaban J connectivity index is 2.52. The highest BCUT2D eigenvalue weighted by Gasteiger charge is 2.15. The molecular formula is C13H10BrClN2O3. The van der Waals surface area contributed by atoms with Crippen LogP contribution in [0.1, 0.15) is 11.1 Å². The zero-order chi connectivity index (χ0) is 14.9. The third-order valence-corrected chi connectivity index (χ3v) is 3.48. The molecule has 1 aromatic heterocycles. The molecule has 0 radical (unpaired) electrons. The van der Waals surface area contributed by atoms with Gasteiger partial charge in [0.15, 0.2) is 0 Å². The molecule has 0 bridgehead atoms. The molecule has 0 aliphatic rings. The van der Waals surface area contributed by atoms with Crippen LogP contribution in [0.15, 0.2) is 39.7 Å². The first-order valence-corrected chi connectivity index (χ1v) is 6.85. The Morgan fingerprint density at radius 1 is 1.40 bits per heavy atom. The monoisotopic (exact) mass is 356 g/mol. The Bertz CT molecular complexity index is 743. The summed E-state index contributed by atoms with van der Waals surface area (Å²) in [5.41, 5.74) is 0.701. The van der Waals surface area contributed by atoms with Gasteiger partial charge in [-0.2, -0.15) is 0 Å². The maximum atomic E-state index is 12.0. The van der Waals surface area contributed by atoms with Crippen LogP contribution < -0.4 is 5.56 Å². The number of aromatic nitrogens is 1. The van der Waals surface area contributed by atoms with Gasteiger partial charge in [0, 0.05) is 27.3 Å². The minimum Gasteiger partial charge on any atom is -0.309 e. The van der Waals surface area contributed by atoms with E-state index in [0.717, 1.165) is 4.47 Å². The van der Waals surface area contributed by atoms with Crippen molar-refractivity contribution < 1.29 is 4.92 Å². The number of benzene rings is 1. The van der Waals surface area contributed by atoms with Crippen molar-refractivity contribution in [2.24, 2.45) is 0 Å². The standard InChI is InChI=1S/C13H10BrClN2O3/c1-8-4-10(14)7-16(13(8)18)6-9-5-11(15)2-3-12(9)17(19)20/h2-5,7H,6H2,1H3. The fraction of sp³-hybridized carbons (Fsp3) is 0.154. The van der Waals surface area contributed by atoms with Crippen molar-refractivity contribution >= 4 is 33.2 Å². The number of hydrogen-bond donors (Lipinski definition) is 0. The molecule has 7 heteroatoms. The van der Waals surface area contributed by atoms with Gasteiger partial charge in [0.25, 0.3) is 11.2 Å². The largest absolute Gasteiger partial charge is 0.309 e. The Kier molecular flexibility index (Phi) is 4.25. The van der Waals surface area contributed by atoms with Crippen LogP contribution in [-0.2, 0) is 6.54 Å². The topological polar surface area (TPSA) is 65.1 Å². The van der Waals surface area contributed by atoms with Crippen LogP contribution in [0, 0.1) is 17.0 Å². The van der Waals surface area contributed by atoms with E-state index < -0.39 is 4.92 Å². The lowest BCUT2D eigenvalue weighted by Crippen LogP contribution is -2.22. The maximum Gasteiger partial charge on any atom is 0.274 e. The summed E-state index contributed by atoms with van der Waals surface area (Å²) in [4.78, 5) is 22.6. The lowest BCUT2D eigenvalue weighted by molar-refractivity contribution is -0.385. The normalized spacial score (nSPS) is 10.6. The minimum atomic E-state index is -0.485. The van der Waals surface area contributed by atoms with Crippen molar-refractivity contribution in [2.75, 3.05) is 0 Å². The molecule has 104 valence electrons. The average molecular weight is 358 g/mol. The van der Waals surface area contributed by atoms with E-state index in [1.807, 2.05) is 0 Å². The second kappa shape index (κ2) is 5.76. The second-order valence-electron chi connectivity index (χ2n) is 4.30. The van der Waals surface area contributed by atoms with Gasteiger partial charge in [-0.3, -0.25) is 14.9 Å². The fourth-order valence-corrected chi connectivity index (χ4v) is 2.68. The SMILES string of the molecule is Cc1cc(Br)cn(Cc2cc(Cl)ccc2[N+](=O)[O-])c1=O. The lowest BCUT2D eigenvalue weighted by Gasteiger charge is -2.09. The molecule has 0 spiro atoms. The maximum absolute atomic E-state index is 12.0. The quantitative estimate of drug-likeness (QED) is 0.623. The van der Waals surface area contributed by atoms with Gasteiger partial charge in [0.2, 0.25) is 0 Å². The van der Waals surface area contributed by atoms with Crippen LogP contribution in [-0.4, -0.2) is 9.49 Å². The highest BCUT2D eigenvalue weighted by molar-refractivity contribution is 9.10. The van der Waals surface area contributed by atoms with Crippen LogP contribution in [0.25, 0.3) is 0 Å². The summed E-state index contributed by atoms with van der Waals surface area (Å²) < 4.78 is 2.15. The van der Waals surface area contributed by atoms with Gasteiger partial charge in [0.05, 0.1) is 17.0 Å². The van der Waals surface area contributed by atoms with E-state index in [1.54, 1.807) is 19.2 Å². The summed E-state index contributed by atoms with van der Waals surface area (Å²) in [5.74, 6) is 0. The highest BCUT2D eigenvalue weighted by Crippen LogP contribution is 2.23. The smallest absolute Gasteiger partial charge is 0.274 e. The number of halogens is 2. The number of rotatable bonds is 3. The van der Waals surface area contributed by atoms with Gasteiger partial charge in [-0.15, -0.1) is 0 Å². The molecular weight excluding hydrogens is 348 g/mol. The van der Waals surface area contributed by atoms with E-state index in [2.05, 4.69) is 15.9 Å². The van der Waals surface area contributed by atoms with Crippen LogP contribution in [0.3, 0.4) is 0 Å². The average Bonchev–Trinajstić information content (AvgIpc) is 2.35. The van der Waals surface area contributed by atoms with Crippen LogP contribution in [0.2, 0.25) is 5.02 Å². The summed E-state index contributed by atoms with van der Waals surface area (Å²) in [6, 6.07) is 6.00. The molecule has 0 fully saturated rings. The van der Waals surface area contributed by atoms with Crippen molar-refractivity contribution in [1.82, 2.24) is 4.57 Å². The van der Waals surface area contributed by atoms with E-state index >= 15 is 0 Å². The number of nitro groups is 1. The first-order valence-electron chi connectivity index (χ1n) is 5.68. The number of hydrogen-bond acceptors (Lipinski definition) is 3. The molecule has 0 aliphatic carbocycles. The predicted octanol–water partition coefficient (Wildman–Crippen LogP) is 3.53. The summed E-state index contributed by atoms with van der Waals surface area (Å²) in [5, 5.41) is 11.4. The Morgan fingerprint density at radius 2 is 2.10 bits per heavy atom.